The number of hydrogen-bond acceptors (Lipinski definition) is 3. The Bertz CT molecular complexity index is 383. The number of pyridine rings is 1. The lowest BCUT2D eigenvalue weighted by Crippen LogP contribution is -2.25. The molecule has 0 saturated heterocycles. The van der Waals surface area contributed by atoms with E-state index in [0.717, 1.165) is 5.69 Å². The molecule has 0 fully saturated rings. The molecule has 0 bridgehead atoms. The van der Waals surface area contributed by atoms with Crippen LogP contribution in [0.15, 0.2) is 12.1 Å². The Kier molecular flexibility index (Phi) is 3.29. The summed E-state index contributed by atoms with van der Waals surface area (Å²) >= 11 is 4.94. The van der Waals surface area contributed by atoms with E-state index in [1.165, 1.54) is 0 Å². The number of thiocarbonyl (C=S) groups is 1. The summed E-state index contributed by atoms with van der Waals surface area (Å²) in [6.07, 6.45) is 0. The number of aromatic nitrogens is 1. The molecular weight excluding hydrogens is 208 g/mol. The van der Waals surface area contributed by atoms with Gasteiger partial charge in [-0.15, -0.1) is 0 Å². The molecule has 1 aromatic heterocycles. The molecule has 0 atom stereocenters. The summed E-state index contributed by atoms with van der Waals surface area (Å²) in [6, 6.07) is 3.70. The maximum atomic E-state index is 5.70. The van der Waals surface area contributed by atoms with Crippen molar-refractivity contribution in [2.75, 3.05) is 0 Å². The van der Waals surface area contributed by atoms with Crippen molar-refractivity contribution in [3.63, 3.8) is 0 Å². The molecule has 1 rings (SSSR count). The molecule has 3 nitrogen and oxygen atoms in total. The van der Waals surface area contributed by atoms with Crippen molar-refractivity contribution in [2.45, 2.75) is 33.3 Å². The Labute approximate surface area is 95.7 Å². The summed E-state index contributed by atoms with van der Waals surface area (Å²) in [6.45, 7) is 7.78. The highest BCUT2D eigenvalue weighted by atomic mass is 32.1. The van der Waals surface area contributed by atoms with Gasteiger partial charge in [-0.1, -0.05) is 12.2 Å². The van der Waals surface area contributed by atoms with Crippen LogP contribution in [-0.4, -0.2) is 15.6 Å². The van der Waals surface area contributed by atoms with Crippen LogP contribution in [-0.2, 0) is 0 Å². The number of rotatable bonds is 2. The van der Waals surface area contributed by atoms with Crippen molar-refractivity contribution in [3.8, 4) is 5.88 Å². The fourth-order valence-electron chi connectivity index (χ4n) is 1.09. The Morgan fingerprint density at radius 1 is 1.40 bits per heavy atom. The number of ether oxygens (including phenoxy) is 1. The first kappa shape index (κ1) is 11.9. The quantitative estimate of drug-likeness (QED) is 0.782. The van der Waals surface area contributed by atoms with Crippen LogP contribution in [0.2, 0.25) is 0 Å². The zero-order valence-corrected chi connectivity index (χ0v) is 10.3. The largest absolute Gasteiger partial charge is 0.471 e. The monoisotopic (exact) mass is 224 g/mol. The maximum Gasteiger partial charge on any atom is 0.224 e. The van der Waals surface area contributed by atoms with Gasteiger partial charge in [-0.3, -0.25) is 0 Å². The second kappa shape index (κ2) is 4.14. The fraction of sp³-hybridized carbons (Fsp3) is 0.455. The van der Waals surface area contributed by atoms with Gasteiger partial charge in [-0.2, -0.15) is 0 Å². The van der Waals surface area contributed by atoms with Gasteiger partial charge in [0.1, 0.15) is 10.6 Å². The molecule has 15 heavy (non-hydrogen) atoms. The SMILES string of the molecule is Cc1ccc(C(N)=S)c(OC(C)(C)C)n1. The summed E-state index contributed by atoms with van der Waals surface area (Å²) in [5, 5.41) is 0. The predicted octanol–water partition coefficient (Wildman–Crippen LogP) is 2.20. The summed E-state index contributed by atoms with van der Waals surface area (Å²) in [7, 11) is 0. The van der Waals surface area contributed by atoms with E-state index in [1.54, 1.807) is 0 Å². The van der Waals surface area contributed by atoms with Gasteiger partial charge in [-0.05, 0) is 39.8 Å². The molecule has 0 aliphatic carbocycles. The average molecular weight is 224 g/mol. The van der Waals surface area contributed by atoms with E-state index in [0.29, 0.717) is 16.4 Å². The van der Waals surface area contributed by atoms with E-state index < -0.39 is 0 Å². The van der Waals surface area contributed by atoms with E-state index in [4.69, 9.17) is 22.7 Å². The number of hydrogen-bond donors (Lipinski definition) is 1. The fourth-order valence-corrected chi connectivity index (χ4v) is 1.24. The first-order valence-electron chi connectivity index (χ1n) is 4.76. The van der Waals surface area contributed by atoms with Gasteiger partial charge < -0.3 is 10.5 Å². The lowest BCUT2D eigenvalue weighted by Gasteiger charge is -2.22. The zero-order valence-electron chi connectivity index (χ0n) is 9.50. The Balaban J connectivity index is 3.13. The van der Waals surface area contributed by atoms with E-state index >= 15 is 0 Å². The minimum absolute atomic E-state index is 0.305. The van der Waals surface area contributed by atoms with Gasteiger partial charge in [0.2, 0.25) is 5.88 Å². The molecule has 0 aromatic carbocycles. The minimum atomic E-state index is -0.305. The van der Waals surface area contributed by atoms with Crippen LogP contribution >= 0.6 is 12.2 Å². The van der Waals surface area contributed by atoms with Gasteiger partial charge >= 0.3 is 0 Å². The molecule has 1 aromatic rings. The molecule has 1 heterocycles. The third-order valence-corrected chi connectivity index (χ3v) is 1.89. The van der Waals surface area contributed by atoms with Gasteiger partial charge in [0.05, 0.1) is 5.56 Å². The molecule has 0 unspecified atom stereocenters. The van der Waals surface area contributed by atoms with Gasteiger partial charge in [0.15, 0.2) is 0 Å². The Morgan fingerprint density at radius 2 is 2.00 bits per heavy atom. The van der Waals surface area contributed by atoms with Gasteiger partial charge in [-0.25, -0.2) is 4.98 Å². The summed E-state index contributed by atoms with van der Waals surface area (Å²) in [4.78, 5) is 4.60. The summed E-state index contributed by atoms with van der Waals surface area (Å²) < 4.78 is 5.70. The standard InChI is InChI=1S/C11H16N2OS/c1-7-5-6-8(9(12)15)10(13-7)14-11(2,3)4/h5-6H,1-4H3,(H2,12,15). The van der Waals surface area contributed by atoms with Crippen molar-refractivity contribution >= 4 is 17.2 Å². The normalized spacial score (nSPS) is 11.2. The van der Waals surface area contributed by atoms with Gasteiger partial charge in [0.25, 0.3) is 0 Å². The highest BCUT2D eigenvalue weighted by Gasteiger charge is 2.17. The second-order valence-corrected chi connectivity index (χ2v) is 4.82. The van der Waals surface area contributed by atoms with Crippen LogP contribution in [0.5, 0.6) is 5.88 Å². The highest BCUT2D eigenvalue weighted by Crippen LogP contribution is 2.21. The Hall–Kier alpha value is -1.16. The topological polar surface area (TPSA) is 48.1 Å². The van der Waals surface area contributed by atoms with Crippen molar-refractivity contribution in [1.29, 1.82) is 0 Å². The number of nitrogens with zero attached hydrogens (tertiary/aromatic N) is 1. The smallest absolute Gasteiger partial charge is 0.224 e. The minimum Gasteiger partial charge on any atom is -0.471 e. The van der Waals surface area contributed by atoms with Crippen LogP contribution in [0, 0.1) is 6.92 Å². The van der Waals surface area contributed by atoms with E-state index in [2.05, 4.69) is 4.98 Å². The van der Waals surface area contributed by atoms with Crippen molar-refractivity contribution < 1.29 is 4.74 Å². The molecule has 82 valence electrons. The molecule has 0 radical (unpaired) electrons. The molecule has 0 spiro atoms. The maximum absolute atomic E-state index is 5.70. The number of nitrogens with two attached hydrogens (primary N) is 1. The Morgan fingerprint density at radius 3 is 2.47 bits per heavy atom. The molecular formula is C11H16N2OS. The first-order valence-corrected chi connectivity index (χ1v) is 5.17. The molecule has 2 N–H and O–H groups in total. The molecule has 4 heteroatoms. The lowest BCUT2D eigenvalue weighted by atomic mass is 10.2. The van der Waals surface area contributed by atoms with Crippen LogP contribution in [0.4, 0.5) is 0 Å². The van der Waals surface area contributed by atoms with E-state index in [-0.39, 0.29) is 5.60 Å². The predicted molar refractivity (Wildman–Crippen MR) is 65.2 cm³/mol. The highest BCUT2D eigenvalue weighted by molar-refractivity contribution is 7.80. The lowest BCUT2D eigenvalue weighted by molar-refractivity contribution is 0.123. The zero-order chi connectivity index (χ0) is 11.6. The first-order chi connectivity index (χ1) is 6.79. The van der Waals surface area contributed by atoms with Crippen molar-refractivity contribution in [2.24, 2.45) is 5.73 Å². The molecule has 0 aliphatic rings. The third-order valence-electron chi connectivity index (χ3n) is 1.67. The summed E-state index contributed by atoms with van der Waals surface area (Å²) in [5.74, 6) is 0.509. The van der Waals surface area contributed by atoms with E-state index in [9.17, 15) is 0 Å². The van der Waals surface area contributed by atoms with Crippen LogP contribution < -0.4 is 10.5 Å². The van der Waals surface area contributed by atoms with E-state index in [1.807, 2.05) is 39.8 Å². The van der Waals surface area contributed by atoms with Crippen molar-refractivity contribution in [3.05, 3.63) is 23.4 Å². The van der Waals surface area contributed by atoms with Crippen LogP contribution in [0.25, 0.3) is 0 Å². The van der Waals surface area contributed by atoms with Crippen LogP contribution in [0.3, 0.4) is 0 Å². The molecule has 0 aliphatic heterocycles. The average Bonchev–Trinajstić information content (AvgIpc) is 1.99. The van der Waals surface area contributed by atoms with Crippen LogP contribution in [0.1, 0.15) is 32.0 Å². The van der Waals surface area contributed by atoms with Crippen molar-refractivity contribution in [1.82, 2.24) is 4.98 Å². The third kappa shape index (κ3) is 3.47. The molecule has 0 amide bonds. The number of aryl methyl sites for hydroxylation is 1. The van der Waals surface area contributed by atoms with Gasteiger partial charge in [0, 0.05) is 5.69 Å². The summed E-state index contributed by atoms with van der Waals surface area (Å²) in [5.41, 5.74) is 6.86. The second-order valence-electron chi connectivity index (χ2n) is 4.38. The molecule has 0 saturated carbocycles.